The van der Waals surface area contributed by atoms with E-state index in [1.807, 2.05) is 49.4 Å². The van der Waals surface area contributed by atoms with Crippen LogP contribution in [0.5, 0.6) is 5.75 Å². The molecule has 0 bridgehead atoms. The number of carbonyl (C=O) groups excluding carboxylic acids is 1. The molecule has 2 aromatic carbocycles. The van der Waals surface area contributed by atoms with Gasteiger partial charge in [-0.05, 0) is 60.0 Å². The minimum Gasteiger partial charge on any atom is -0.483 e. The van der Waals surface area contributed by atoms with Crippen molar-refractivity contribution >= 4 is 17.3 Å². The van der Waals surface area contributed by atoms with Gasteiger partial charge in [0.25, 0.3) is 5.91 Å². The Kier molecular flexibility index (Phi) is 5.18. The zero-order chi connectivity index (χ0) is 19.3. The van der Waals surface area contributed by atoms with E-state index < -0.39 is 0 Å². The van der Waals surface area contributed by atoms with Gasteiger partial charge in [0.15, 0.2) is 6.61 Å². The molecule has 0 unspecified atom stereocenters. The van der Waals surface area contributed by atoms with Crippen molar-refractivity contribution in [1.82, 2.24) is 20.2 Å². The van der Waals surface area contributed by atoms with Crippen molar-refractivity contribution in [2.24, 2.45) is 0 Å². The molecule has 1 aliphatic rings. The zero-order valence-corrected chi connectivity index (χ0v) is 15.7. The second-order valence-electron chi connectivity index (χ2n) is 6.75. The summed E-state index contributed by atoms with van der Waals surface area (Å²) >= 11 is 0. The van der Waals surface area contributed by atoms with E-state index in [0.29, 0.717) is 5.75 Å². The first-order chi connectivity index (χ1) is 13.7. The number of para-hydroxylation sites is 1. The Morgan fingerprint density at radius 2 is 2.00 bits per heavy atom. The number of tetrazole rings is 1. The number of nitrogens with one attached hydrogen (secondary N) is 1. The first-order valence-electron chi connectivity index (χ1n) is 9.31. The highest BCUT2D eigenvalue weighted by molar-refractivity contribution is 5.96. The van der Waals surface area contributed by atoms with Gasteiger partial charge in [-0.2, -0.15) is 0 Å². The van der Waals surface area contributed by atoms with Crippen molar-refractivity contribution < 1.29 is 9.53 Å². The van der Waals surface area contributed by atoms with Crippen molar-refractivity contribution in [1.29, 1.82) is 0 Å². The highest BCUT2D eigenvalue weighted by Crippen LogP contribution is 2.31. The number of carbonyl (C=O) groups is 1. The smallest absolute Gasteiger partial charge is 0.262 e. The Morgan fingerprint density at radius 3 is 2.75 bits per heavy atom. The highest BCUT2D eigenvalue weighted by atomic mass is 16.5. The Morgan fingerprint density at radius 1 is 1.18 bits per heavy atom. The number of rotatable bonds is 6. The summed E-state index contributed by atoms with van der Waals surface area (Å²) in [5.41, 5.74) is 3.50. The minimum atomic E-state index is -0.211. The average Bonchev–Trinajstić information content (AvgIpc) is 3.41. The van der Waals surface area contributed by atoms with Gasteiger partial charge < -0.3 is 15.0 Å². The topological polar surface area (TPSA) is 85.2 Å². The maximum atomic E-state index is 12.6. The van der Waals surface area contributed by atoms with Gasteiger partial charge in [-0.25, -0.2) is 4.68 Å². The third kappa shape index (κ3) is 3.95. The van der Waals surface area contributed by atoms with Gasteiger partial charge in [-0.1, -0.05) is 18.2 Å². The van der Waals surface area contributed by atoms with Crippen LogP contribution in [-0.2, 0) is 4.79 Å². The molecule has 0 atom stereocenters. The van der Waals surface area contributed by atoms with Gasteiger partial charge in [0.1, 0.15) is 12.1 Å². The molecule has 0 spiro atoms. The largest absolute Gasteiger partial charge is 0.483 e. The summed E-state index contributed by atoms with van der Waals surface area (Å²) in [6.45, 7) is 3.85. The lowest BCUT2D eigenvalue weighted by molar-refractivity contribution is -0.118. The number of hydrogen-bond acceptors (Lipinski definition) is 6. The molecule has 8 nitrogen and oxygen atoms in total. The van der Waals surface area contributed by atoms with Crippen LogP contribution < -0.4 is 15.0 Å². The van der Waals surface area contributed by atoms with E-state index in [1.54, 1.807) is 4.68 Å². The summed E-state index contributed by atoms with van der Waals surface area (Å²) in [7, 11) is 0. The third-order valence-electron chi connectivity index (χ3n) is 4.77. The normalized spacial score (nSPS) is 13.5. The molecule has 0 saturated carbocycles. The standard InChI is InChI=1S/C20H22N6O2/c1-15-6-2-3-7-19(15)28-13-20(27)22-17-12-16(26-14-21-23-24-26)8-9-18(17)25-10-4-5-11-25/h2-3,6-9,12,14H,4-5,10-11,13H2,1H3,(H,22,27). The summed E-state index contributed by atoms with van der Waals surface area (Å²) in [6.07, 6.45) is 3.83. The highest BCUT2D eigenvalue weighted by Gasteiger charge is 2.18. The first kappa shape index (κ1) is 18.0. The number of amides is 1. The molecule has 3 aromatic rings. The summed E-state index contributed by atoms with van der Waals surface area (Å²) in [5, 5.41) is 14.3. The number of nitrogens with zero attached hydrogens (tertiary/aromatic N) is 5. The molecule has 1 fully saturated rings. The zero-order valence-electron chi connectivity index (χ0n) is 15.7. The van der Waals surface area contributed by atoms with Crippen molar-refractivity contribution in [2.45, 2.75) is 19.8 Å². The van der Waals surface area contributed by atoms with Gasteiger partial charge in [0.2, 0.25) is 0 Å². The Bertz CT molecular complexity index is 951. The van der Waals surface area contributed by atoms with E-state index in [-0.39, 0.29) is 12.5 Å². The van der Waals surface area contributed by atoms with Crippen molar-refractivity contribution in [3.63, 3.8) is 0 Å². The van der Waals surface area contributed by atoms with E-state index in [1.165, 1.54) is 6.33 Å². The second kappa shape index (κ2) is 8.08. The molecule has 8 heteroatoms. The van der Waals surface area contributed by atoms with Crippen LogP contribution in [0.2, 0.25) is 0 Å². The maximum absolute atomic E-state index is 12.6. The Balaban J connectivity index is 1.53. The lowest BCUT2D eigenvalue weighted by atomic mass is 10.2. The van der Waals surface area contributed by atoms with Gasteiger partial charge >= 0.3 is 0 Å². The molecule has 28 heavy (non-hydrogen) atoms. The van der Waals surface area contributed by atoms with E-state index >= 15 is 0 Å². The number of anilines is 2. The van der Waals surface area contributed by atoms with Crippen molar-refractivity contribution in [3.8, 4) is 11.4 Å². The summed E-state index contributed by atoms with van der Waals surface area (Å²) < 4.78 is 7.24. The van der Waals surface area contributed by atoms with Crippen LogP contribution >= 0.6 is 0 Å². The molecule has 4 rings (SSSR count). The lowest BCUT2D eigenvalue weighted by Gasteiger charge is -2.22. The monoisotopic (exact) mass is 378 g/mol. The van der Waals surface area contributed by atoms with Crippen molar-refractivity contribution in [3.05, 3.63) is 54.4 Å². The van der Waals surface area contributed by atoms with Crippen LogP contribution in [0.3, 0.4) is 0 Å². The maximum Gasteiger partial charge on any atom is 0.262 e. The Hall–Kier alpha value is -3.42. The molecule has 144 valence electrons. The lowest BCUT2D eigenvalue weighted by Crippen LogP contribution is -2.24. The minimum absolute atomic E-state index is 0.0561. The quantitative estimate of drug-likeness (QED) is 0.710. The van der Waals surface area contributed by atoms with Crippen LogP contribution in [-0.4, -0.2) is 45.8 Å². The number of hydrogen-bond donors (Lipinski definition) is 1. The fourth-order valence-corrected chi connectivity index (χ4v) is 3.33. The van der Waals surface area contributed by atoms with E-state index in [2.05, 4.69) is 25.7 Å². The fraction of sp³-hybridized carbons (Fsp3) is 0.300. The van der Waals surface area contributed by atoms with Gasteiger partial charge in [-0.15, -0.1) is 5.10 Å². The van der Waals surface area contributed by atoms with Crippen LogP contribution in [0.15, 0.2) is 48.8 Å². The van der Waals surface area contributed by atoms with E-state index in [4.69, 9.17) is 4.74 Å². The van der Waals surface area contributed by atoms with Gasteiger partial charge in [-0.3, -0.25) is 4.79 Å². The molecular weight excluding hydrogens is 356 g/mol. The van der Waals surface area contributed by atoms with Crippen LogP contribution in [0, 0.1) is 6.92 Å². The SMILES string of the molecule is Cc1ccccc1OCC(=O)Nc1cc(-n2cnnn2)ccc1N1CCCC1. The predicted octanol–water partition coefficient (Wildman–Crippen LogP) is 2.59. The van der Waals surface area contributed by atoms with Crippen LogP contribution in [0.1, 0.15) is 18.4 Å². The molecule has 1 amide bonds. The summed E-state index contributed by atoms with van der Waals surface area (Å²) in [4.78, 5) is 14.8. The molecule has 0 aliphatic carbocycles. The number of ether oxygens (including phenoxy) is 1. The second-order valence-corrected chi connectivity index (χ2v) is 6.75. The fourth-order valence-electron chi connectivity index (χ4n) is 3.33. The molecule has 0 radical (unpaired) electrons. The third-order valence-corrected chi connectivity index (χ3v) is 4.77. The number of aryl methyl sites for hydroxylation is 1. The molecular formula is C20H22N6O2. The average molecular weight is 378 g/mol. The van der Waals surface area contributed by atoms with Crippen molar-refractivity contribution in [2.75, 3.05) is 29.9 Å². The van der Waals surface area contributed by atoms with Gasteiger partial charge in [0, 0.05) is 13.1 Å². The van der Waals surface area contributed by atoms with E-state index in [0.717, 1.165) is 48.6 Å². The molecule has 1 N–H and O–H groups in total. The van der Waals surface area contributed by atoms with Crippen LogP contribution in [0.4, 0.5) is 11.4 Å². The summed E-state index contributed by atoms with van der Waals surface area (Å²) in [6, 6.07) is 13.5. The first-order valence-corrected chi connectivity index (χ1v) is 9.31. The van der Waals surface area contributed by atoms with Gasteiger partial charge in [0.05, 0.1) is 17.1 Å². The molecule has 1 saturated heterocycles. The molecule has 1 aliphatic heterocycles. The Labute approximate surface area is 163 Å². The molecule has 2 heterocycles. The van der Waals surface area contributed by atoms with E-state index in [9.17, 15) is 4.79 Å². The number of aromatic nitrogens is 4. The summed E-state index contributed by atoms with van der Waals surface area (Å²) in [5.74, 6) is 0.498. The predicted molar refractivity (Wildman–Crippen MR) is 106 cm³/mol. The number of benzene rings is 2. The van der Waals surface area contributed by atoms with Crippen LogP contribution in [0.25, 0.3) is 5.69 Å². The molecule has 1 aromatic heterocycles.